The van der Waals surface area contributed by atoms with Crippen molar-refractivity contribution >= 4 is 45.3 Å². The highest BCUT2D eigenvalue weighted by Crippen LogP contribution is 2.40. The maximum atomic E-state index is 12.0. The summed E-state index contributed by atoms with van der Waals surface area (Å²) in [6.07, 6.45) is 1.77. The average Bonchev–Trinajstić information content (AvgIpc) is 3.12. The summed E-state index contributed by atoms with van der Waals surface area (Å²) in [5.41, 5.74) is 7.49. The number of aromatic nitrogens is 2. The first kappa shape index (κ1) is 19.8. The zero-order valence-corrected chi connectivity index (χ0v) is 17.1. The molecule has 7 nitrogen and oxygen atoms in total. The van der Waals surface area contributed by atoms with E-state index < -0.39 is 17.3 Å². The molecular formula is C22H19N3O4S. The Morgan fingerprint density at radius 1 is 1.13 bits per heavy atom. The van der Waals surface area contributed by atoms with Gasteiger partial charge < -0.3 is 15.6 Å². The number of hydrogen-bond donors (Lipinski definition) is 2. The molecule has 1 unspecified atom stereocenters. The molecular weight excluding hydrogens is 402 g/mol. The highest BCUT2D eigenvalue weighted by molar-refractivity contribution is 7.99. The highest BCUT2D eigenvalue weighted by Gasteiger charge is 2.27. The van der Waals surface area contributed by atoms with Crippen molar-refractivity contribution < 1.29 is 19.4 Å². The minimum Gasteiger partial charge on any atom is -0.495 e. The van der Waals surface area contributed by atoms with Crippen LogP contribution in [-0.2, 0) is 4.79 Å². The van der Waals surface area contributed by atoms with Gasteiger partial charge >= 0.3 is 5.97 Å². The van der Waals surface area contributed by atoms with Gasteiger partial charge in [0.2, 0.25) is 0 Å². The minimum atomic E-state index is -1.11. The summed E-state index contributed by atoms with van der Waals surface area (Å²) >= 11 is 1.25. The summed E-state index contributed by atoms with van der Waals surface area (Å²) in [5, 5.41) is 16.2. The molecule has 0 saturated carbocycles. The van der Waals surface area contributed by atoms with Crippen molar-refractivity contribution in [3.05, 3.63) is 60.2 Å². The molecule has 3 N–H and O–H groups in total. The van der Waals surface area contributed by atoms with Crippen molar-refractivity contribution in [2.24, 2.45) is 5.73 Å². The Bertz CT molecular complexity index is 1300. The smallest absolute Gasteiger partial charge is 0.339 e. The number of carboxylic acids is 1. The SMILES string of the molecule is COc1c(C(=O)O)ccc2c1c(-c1ccc3ccccc3c1)nn2C(SC)C(N)=O. The van der Waals surface area contributed by atoms with Crippen LogP contribution in [0.15, 0.2) is 54.6 Å². The minimum absolute atomic E-state index is 0.0198. The molecule has 0 spiro atoms. The number of fused-ring (bicyclic) bond motifs is 2. The van der Waals surface area contributed by atoms with Crippen LogP contribution < -0.4 is 10.5 Å². The lowest BCUT2D eigenvalue weighted by Gasteiger charge is -2.13. The molecule has 8 heteroatoms. The van der Waals surface area contributed by atoms with E-state index in [1.165, 1.54) is 29.6 Å². The van der Waals surface area contributed by atoms with Crippen LogP contribution in [0.4, 0.5) is 0 Å². The second kappa shape index (κ2) is 7.72. The van der Waals surface area contributed by atoms with Crippen LogP contribution in [0.3, 0.4) is 0 Å². The third-order valence-corrected chi connectivity index (χ3v) is 5.85. The van der Waals surface area contributed by atoms with Gasteiger partial charge in [0.1, 0.15) is 17.0 Å². The molecule has 0 fully saturated rings. The van der Waals surface area contributed by atoms with Crippen molar-refractivity contribution in [3.63, 3.8) is 0 Å². The number of nitrogens with zero attached hydrogens (tertiary/aromatic N) is 2. The molecule has 0 bridgehead atoms. The van der Waals surface area contributed by atoms with Crippen LogP contribution in [0.25, 0.3) is 32.9 Å². The zero-order chi connectivity index (χ0) is 21.4. The number of primary amides is 1. The standard InChI is InChI=1S/C22H19N3O4S/c1-29-19-15(22(27)28)9-10-16-17(19)18(24-25(16)21(30-2)20(23)26)14-8-7-12-5-3-4-6-13(12)11-14/h3-11,21H,1-2H3,(H2,23,26)(H,27,28). The van der Waals surface area contributed by atoms with E-state index in [1.54, 1.807) is 12.3 Å². The Morgan fingerprint density at radius 3 is 2.50 bits per heavy atom. The van der Waals surface area contributed by atoms with E-state index in [-0.39, 0.29) is 11.3 Å². The van der Waals surface area contributed by atoms with Gasteiger partial charge in [-0.1, -0.05) is 36.4 Å². The predicted molar refractivity (Wildman–Crippen MR) is 118 cm³/mol. The first-order chi connectivity index (χ1) is 14.5. The van der Waals surface area contributed by atoms with E-state index in [1.807, 2.05) is 42.5 Å². The Morgan fingerprint density at radius 2 is 1.87 bits per heavy atom. The molecule has 152 valence electrons. The fourth-order valence-electron chi connectivity index (χ4n) is 3.64. The lowest BCUT2D eigenvalue weighted by molar-refractivity contribution is -0.118. The van der Waals surface area contributed by atoms with E-state index in [9.17, 15) is 14.7 Å². The number of amides is 1. The number of carbonyl (C=O) groups excluding carboxylic acids is 1. The third kappa shape index (κ3) is 3.15. The molecule has 4 aromatic rings. The van der Waals surface area contributed by atoms with Gasteiger partial charge in [0, 0.05) is 5.56 Å². The summed E-state index contributed by atoms with van der Waals surface area (Å²) in [7, 11) is 1.42. The number of carbonyl (C=O) groups is 2. The summed E-state index contributed by atoms with van der Waals surface area (Å²) < 4.78 is 7.03. The fourth-order valence-corrected chi connectivity index (χ4v) is 4.23. The van der Waals surface area contributed by atoms with Crippen molar-refractivity contribution in [1.29, 1.82) is 0 Å². The number of ether oxygens (including phenoxy) is 1. The predicted octanol–water partition coefficient (Wildman–Crippen LogP) is 3.91. The number of aromatic carboxylic acids is 1. The first-order valence-corrected chi connectivity index (χ1v) is 10.4. The van der Waals surface area contributed by atoms with Crippen molar-refractivity contribution in [2.75, 3.05) is 13.4 Å². The van der Waals surface area contributed by atoms with Crippen LogP contribution in [0.5, 0.6) is 5.75 Å². The Balaban J connectivity index is 2.09. The average molecular weight is 421 g/mol. The Labute approximate surface area is 176 Å². The molecule has 0 aliphatic carbocycles. The van der Waals surface area contributed by atoms with Crippen LogP contribution >= 0.6 is 11.8 Å². The first-order valence-electron chi connectivity index (χ1n) is 9.10. The lowest BCUT2D eigenvalue weighted by atomic mass is 10.0. The van der Waals surface area contributed by atoms with Gasteiger partial charge in [-0.05, 0) is 35.2 Å². The van der Waals surface area contributed by atoms with Crippen molar-refractivity contribution in [1.82, 2.24) is 9.78 Å². The van der Waals surface area contributed by atoms with E-state index in [2.05, 4.69) is 5.10 Å². The van der Waals surface area contributed by atoms with E-state index in [4.69, 9.17) is 10.5 Å². The molecule has 0 saturated heterocycles. The normalized spacial score (nSPS) is 12.2. The molecule has 0 aliphatic heterocycles. The number of carboxylic acid groups (broad SMARTS) is 1. The maximum absolute atomic E-state index is 12.0. The summed E-state index contributed by atoms with van der Waals surface area (Å²) in [6, 6.07) is 16.9. The van der Waals surface area contributed by atoms with Gasteiger partial charge in [0.25, 0.3) is 5.91 Å². The fraction of sp³-hybridized carbons (Fsp3) is 0.136. The molecule has 1 amide bonds. The van der Waals surface area contributed by atoms with Gasteiger partial charge in [-0.15, -0.1) is 11.8 Å². The Hall–Kier alpha value is -3.52. The number of methoxy groups -OCH3 is 1. The lowest BCUT2D eigenvalue weighted by Crippen LogP contribution is -2.24. The number of nitrogens with two attached hydrogens (primary N) is 1. The number of hydrogen-bond acceptors (Lipinski definition) is 5. The topological polar surface area (TPSA) is 107 Å². The largest absolute Gasteiger partial charge is 0.495 e. The van der Waals surface area contributed by atoms with Gasteiger partial charge in [-0.25, -0.2) is 9.48 Å². The van der Waals surface area contributed by atoms with Gasteiger partial charge in [-0.3, -0.25) is 4.79 Å². The monoisotopic (exact) mass is 421 g/mol. The van der Waals surface area contributed by atoms with Gasteiger partial charge in [0.05, 0.1) is 18.0 Å². The van der Waals surface area contributed by atoms with Gasteiger partial charge in [0.15, 0.2) is 5.37 Å². The summed E-state index contributed by atoms with van der Waals surface area (Å²) in [5.74, 6) is -1.46. The number of thioether (sulfide) groups is 1. The van der Waals surface area contributed by atoms with Gasteiger partial charge in [-0.2, -0.15) is 5.10 Å². The summed E-state index contributed by atoms with van der Waals surface area (Å²) in [4.78, 5) is 23.8. The molecule has 4 rings (SSSR count). The number of benzene rings is 3. The molecule has 0 radical (unpaired) electrons. The van der Waals surface area contributed by atoms with Crippen LogP contribution in [-0.4, -0.2) is 40.1 Å². The van der Waals surface area contributed by atoms with Crippen LogP contribution in [0, 0.1) is 0 Å². The quantitative estimate of drug-likeness (QED) is 0.489. The highest BCUT2D eigenvalue weighted by atomic mass is 32.2. The molecule has 1 heterocycles. The molecule has 30 heavy (non-hydrogen) atoms. The van der Waals surface area contributed by atoms with E-state index in [0.29, 0.717) is 16.6 Å². The van der Waals surface area contributed by atoms with E-state index in [0.717, 1.165) is 16.3 Å². The second-order valence-electron chi connectivity index (χ2n) is 6.69. The number of rotatable bonds is 6. The zero-order valence-electron chi connectivity index (χ0n) is 16.3. The van der Waals surface area contributed by atoms with Crippen LogP contribution in [0.2, 0.25) is 0 Å². The molecule has 3 aromatic carbocycles. The van der Waals surface area contributed by atoms with Crippen molar-refractivity contribution in [2.45, 2.75) is 5.37 Å². The molecule has 1 aromatic heterocycles. The Kier molecular flexibility index (Phi) is 5.09. The summed E-state index contributed by atoms with van der Waals surface area (Å²) in [6.45, 7) is 0. The van der Waals surface area contributed by atoms with Crippen LogP contribution in [0.1, 0.15) is 15.7 Å². The maximum Gasteiger partial charge on any atom is 0.339 e. The third-order valence-electron chi connectivity index (χ3n) is 4.97. The second-order valence-corrected chi connectivity index (χ2v) is 7.61. The molecule has 1 atom stereocenters. The van der Waals surface area contributed by atoms with E-state index >= 15 is 0 Å². The van der Waals surface area contributed by atoms with Crippen molar-refractivity contribution in [3.8, 4) is 17.0 Å². The molecule has 0 aliphatic rings.